The second kappa shape index (κ2) is 11.3. The fraction of sp³-hybridized carbons (Fsp3) is 0.733. The standard InChI is InChI=1S/C30H44F2/c1-3-5-6-8-28-29(31)19-27(20-30(28)32)23-13-11-22(12-14-23)25-16-15-24-17-21(7-4-2)9-10-26(24)18-25/h3,5,19-26H,4,6-18H2,1-2H3/b5-3+. The van der Waals surface area contributed by atoms with Crippen molar-refractivity contribution in [3.8, 4) is 0 Å². The van der Waals surface area contributed by atoms with Gasteiger partial charge in [0.15, 0.2) is 0 Å². The molecule has 3 saturated carbocycles. The van der Waals surface area contributed by atoms with E-state index in [-0.39, 0.29) is 17.2 Å². The average Bonchev–Trinajstić information content (AvgIpc) is 2.81. The Hall–Kier alpha value is -1.18. The molecule has 4 atom stereocenters. The summed E-state index contributed by atoms with van der Waals surface area (Å²) >= 11 is 0. The second-order valence-electron chi connectivity index (χ2n) is 11.2. The summed E-state index contributed by atoms with van der Waals surface area (Å²) in [6, 6.07) is 3.28. The molecule has 4 rings (SSSR count). The molecule has 1 aromatic rings. The zero-order valence-corrected chi connectivity index (χ0v) is 20.4. The van der Waals surface area contributed by atoms with Crippen LogP contribution in [0.4, 0.5) is 8.78 Å². The Kier molecular flexibility index (Phi) is 8.46. The highest BCUT2D eigenvalue weighted by Gasteiger charge is 2.38. The molecule has 2 heteroatoms. The fourth-order valence-corrected chi connectivity index (χ4v) is 7.54. The van der Waals surface area contributed by atoms with E-state index in [0.29, 0.717) is 18.8 Å². The van der Waals surface area contributed by atoms with Crippen LogP contribution < -0.4 is 0 Å². The van der Waals surface area contributed by atoms with Crippen LogP contribution in [0.25, 0.3) is 0 Å². The second-order valence-corrected chi connectivity index (χ2v) is 11.2. The highest BCUT2D eigenvalue weighted by Crippen LogP contribution is 2.50. The van der Waals surface area contributed by atoms with E-state index in [4.69, 9.17) is 0 Å². The van der Waals surface area contributed by atoms with Gasteiger partial charge in [0.1, 0.15) is 11.6 Å². The summed E-state index contributed by atoms with van der Waals surface area (Å²) in [5.41, 5.74) is 1.15. The average molecular weight is 443 g/mol. The summed E-state index contributed by atoms with van der Waals surface area (Å²) in [4.78, 5) is 0. The highest BCUT2D eigenvalue weighted by atomic mass is 19.1. The molecule has 32 heavy (non-hydrogen) atoms. The van der Waals surface area contributed by atoms with Crippen LogP contribution in [0.1, 0.15) is 114 Å². The van der Waals surface area contributed by atoms with E-state index in [0.717, 1.165) is 48.0 Å². The van der Waals surface area contributed by atoms with E-state index in [2.05, 4.69) is 6.92 Å². The normalized spacial score (nSPS) is 33.4. The van der Waals surface area contributed by atoms with Crippen molar-refractivity contribution in [2.75, 3.05) is 0 Å². The number of hydrogen-bond donors (Lipinski definition) is 0. The maximum Gasteiger partial charge on any atom is 0.129 e. The molecule has 0 saturated heterocycles. The number of hydrogen-bond acceptors (Lipinski definition) is 0. The fourth-order valence-electron chi connectivity index (χ4n) is 7.54. The van der Waals surface area contributed by atoms with Crippen LogP contribution in [0.5, 0.6) is 0 Å². The molecule has 3 aliphatic rings. The first kappa shape index (κ1) is 24.0. The molecule has 0 nitrogen and oxygen atoms in total. The van der Waals surface area contributed by atoms with Crippen molar-refractivity contribution in [3.05, 3.63) is 47.0 Å². The lowest BCUT2D eigenvalue weighted by Gasteiger charge is -2.45. The first-order chi connectivity index (χ1) is 15.6. The molecule has 0 bridgehead atoms. The maximum atomic E-state index is 14.6. The molecule has 4 unspecified atom stereocenters. The predicted molar refractivity (Wildman–Crippen MR) is 131 cm³/mol. The van der Waals surface area contributed by atoms with Gasteiger partial charge in [0.2, 0.25) is 0 Å². The van der Waals surface area contributed by atoms with Gasteiger partial charge >= 0.3 is 0 Å². The molecular weight excluding hydrogens is 398 g/mol. The van der Waals surface area contributed by atoms with Crippen molar-refractivity contribution < 1.29 is 8.78 Å². The highest BCUT2D eigenvalue weighted by molar-refractivity contribution is 5.29. The van der Waals surface area contributed by atoms with Gasteiger partial charge in [0.05, 0.1) is 0 Å². The van der Waals surface area contributed by atoms with Gasteiger partial charge < -0.3 is 0 Å². The van der Waals surface area contributed by atoms with Crippen LogP contribution in [0.2, 0.25) is 0 Å². The van der Waals surface area contributed by atoms with Crippen LogP contribution >= 0.6 is 0 Å². The van der Waals surface area contributed by atoms with Crippen LogP contribution in [-0.4, -0.2) is 0 Å². The summed E-state index contributed by atoms with van der Waals surface area (Å²) in [6.07, 6.45) is 21.3. The van der Waals surface area contributed by atoms with Crippen LogP contribution in [0, 0.1) is 41.2 Å². The van der Waals surface area contributed by atoms with Gasteiger partial charge in [-0.05, 0) is 131 Å². The molecule has 3 fully saturated rings. The first-order valence-corrected chi connectivity index (χ1v) is 13.7. The maximum absolute atomic E-state index is 14.6. The summed E-state index contributed by atoms with van der Waals surface area (Å²) in [5.74, 6) is 4.39. The number of allylic oxidation sites excluding steroid dienone is 2. The minimum absolute atomic E-state index is 0.256. The SMILES string of the molecule is C/C=C/CCc1c(F)cc(C2CCC(C3CCC4CC(CCC)CCC4C3)CC2)cc1F. The Balaban J connectivity index is 1.29. The van der Waals surface area contributed by atoms with Gasteiger partial charge in [0, 0.05) is 5.56 Å². The monoisotopic (exact) mass is 442 g/mol. The smallest absolute Gasteiger partial charge is 0.129 e. The molecule has 0 spiro atoms. The Labute approximate surface area is 195 Å². The lowest BCUT2D eigenvalue weighted by Crippen LogP contribution is -2.34. The Morgan fingerprint density at radius 1 is 0.812 bits per heavy atom. The van der Waals surface area contributed by atoms with Crippen molar-refractivity contribution >= 4 is 0 Å². The molecule has 0 heterocycles. The molecule has 0 aliphatic heterocycles. The minimum Gasteiger partial charge on any atom is -0.207 e. The molecular formula is C30H44F2. The minimum atomic E-state index is -0.344. The van der Waals surface area contributed by atoms with E-state index in [9.17, 15) is 8.78 Å². The molecule has 3 aliphatic carbocycles. The zero-order valence-electron chi connectivity index (χ0n) is 20.4. The topological polar surface area (TPSA) is 0 Å². The van der Waals surface area contributed by atoms with E-state index in [1.165, 1.54) is 64.2 Å². The Morgan fingerprint density at radius 2 is 1.41 bits per heavy atom. The van der Waals surface area contributed by atoms with Gasteiger partial charge in [-0.15, -0.1) is 0 Å². The summed E-state index contributed by atoms with van der Waals surface area (Å²) < 4.78 is 29.3. The number of fused-ring (bicyclic) bond motifs is 1. The lowest BCUT2D eigenvalue weighted by atomic mass is 9.60. The van der Waals surface area contributed by atoms with Gasteiger partial charge in [-0.2, -0.15) is 0 Å². The largest absolute Gasteiger partial charge is 0.207 e. The summed E-state index contributed by atoms with van der Waals surface area (Å²) in [5, 5.41) is 0. The van der Waals surface area contributed by atoms with Crippen molar-refractivity contribution in [2.45, 2.75) is 110 Å². The quantitative estimate of drug-likeness (QED) is 0.369. The van der Waals surface area contributed by atoms with Gasteiger partial charge in [-0.1, -0.05) is 38.3 Å². The van der Waals surface area contributed by atoms with Crippen molar-refractivity contribution in [1.29, 1.82) is 0 Å². The van der Waals surface area contributed by atoms with Crippen molar-refractivity contribution in [1.82, 2.24) is 0 Å². The third-order valence-electron chi connectivity index (χ3n) is 9.33. The summed E-state index contributed by atoms with van der Waals surface area (Å²) in [6.45, 7) is 4.28. The number of rotatable bonds is 7. The molecule has 0 radical (unpaired) electrons. The van der Waals surface area contributed by atoms with Crippen molar-refractivity contribution in [2.24, 2.45) is 29.6 Å². The molecule has 0 aromatic heterocycles. The first-order valence-electron chi connectivity index (χ1n) is 13.7. The molecule has 1 aromatic carbocycles. The third kappa shape index (κ3) is 5.65. The number of benzene rings is 1. The zero-order chi connectivity index (χ0) is 22.5. The Morgan fingerprint density at radius 3 is 2.06 bits per heavy atom. The van der Waals surface area contributed by atoms with Gasteiger partial charge in [-0.3, -0.25) is 0 Å². The van der Waals surface area contributed by atoms with Crippen LogP contribution in [-0.2, 0) is 6.42 Å². The van der Waals surface area contributed by atoms with Crippen molar-refractivity contribution in [3.63, 3.8) is 0 Å². The van der Waals surface area contributed by atoms with Crippen LogP contribution in [0.15, 0.2) is 24.3 Å². The lowest BCUT2D eigenvalue weighted by molar-refractivity contribution is 0.0617. The van der Waals surface area contributed by atoms with Gasteiger partial charge in [0.25, 0.3) is 0 Å². The Bertz CT molecular complexity index is 735. The van der Waals surface area contributed by atoms with E-state index >= 15 is 0 Å². The van der Waals surface area contributed by atoms with E-state index in [1.807, 2.05) is 19.1 Å². The molecule has 178 valence electrons. The predicted octanol–water partition coefficient (Wildman–Crippen LogP) is 9.38. The molecule has 0 N–H and O–H groups in total. The number of halogens is 2. The van der Waals surface area contributed by atoms with E-state index in [1.54, 1.807) is 12.1 Å². The van der Waals surface area contributed by atoms with Gasteiger partial charge in [-0.25, -0.2) is 8.78 Å². The molecule has 0 amide bonds. The van der Waals surface area contributed by atoms with Crippen LogP contribution in [0.3, 0.4) is 0 Å². The summed E-state index contributed by atoms with van der Waals surface area (Å²) in [7, 11) is 0. The van der Waals surface area contributed by atoms with E-state index < -0.39 is 0 Å². The third-order valence-corrected chi connectivity index (χ3v) is 9.33.